The third-order valence-electron chi connectivity index (χ3n) is 2.75. The van der Waals surface area contributed by atoms with Crippen LogP contribution in [0.2, 0.25) is 0 Å². The number of hydrogen-bond acceptors (Lipinski definition) is 5. The Balaban J connectivity index is 2.08. The average Bonchev–Trinajstić information content (AvgIpc) is 2.42. The van der Waals surface area contributed by atoms with E-state index in [1.807, 2.05) is 13.8 Å². The summed E-state index contributed by atoms with van der Waals surface area (Å²) in [6.45, 7) is 4.17. The quantitative estimate of drug-likeness (QED) is 0.501. The zero-order valence-corrected chi connectivity index (χ0v) is 8.43. The first-order valence-electron chi connectivity index (χ1n) is 4.91. The molecule has 5 heteroatoms. The molecule has 2 fully saturated rings. The molecule has 0 amide bonds. The molecule has 3 N–H and O–H groups in total. The molecule has 0 aromatic rings. The lowest BCUT2D eigenvalue weighted by Gasteiger charge is -2.34. The molecule has 0 aliphatic carbocycles. The zero-order chi connectivity index (χ0) is 10.3. The Kier molecular flexibility index (Phi) is 2.53. The Labute approximate surface area is 83.0 Å². The second-order valence-electron chi connectivity index (χ2n) is 4.33. The van der Waals surface area contributed by atoms with Crippen LogP contribution in [0.1, 0.15) is 13.8 Å². The summed E-state index contributed by atoms with van der Waals surface area (Å²) in [5.41, 5.74) is 0. The standard InChI is InChI=1S/C9H17NO4/c1-9(2)13-6-3-10-5(4-11)7(12)8(6)14-9/h5-8,10-12H,3-4H2,1-2H3/t5-,6-,7-,8-/m0/s1. The fraction of sp³-hybridized carbons (Fsp3) is 1.00. The van der Waals surface area contributed by atoms with Crippen LogP contribution < -0.4 is 5.32 Å². The number of hydrogen-bond donors (Lipinski definition) is 3. The van der Waals surface area contributed by atoms with Gasteiger partial charge in [0.15, 0.2) is 5.79 Å². The maximum atomic E-state index is 9.84. The average molecular weight is 203 g/mol. The molecular weight excluding hydrogens is 186 g/mol. The van der Waals surface area contributed by atoms with Gasteiger partial charge in [0, 0.05) is 6.54 Å². The third-order valence-corrected chi connectivity index (χ3v) is 2.75. The molecule has 5 nitrogen and oxygen atoms in total. The fourth-order valence-corrected chi connectivity index (χ4v) is 2.10. The van der Waals surface area contributed by atoms with Crippen molar-refractivity contribution in [3.8, 4) is 0 Å². The molecule has 0 radical (unpaired) electrons. The molecule has 82 valence electrons. The summed E-state index contributed by atoms with van der Waals surface area (Å²) < 4.78 is 11.2. The van der Waals surface area contributed by atoms with E-state index >= 15 is 0 Å². The molecule has 2 aliphatic rings. The normalized spacial score (nSPS) is 46.3. The second-order valence-corrected chi connectivity index (χ2v) is 4.33. The number of aliphatic hydroxyl groups excluding tert-OH is 2. The second kappa shape index (κ2) is 3.43. The van der Waals surface area contributed by atoms with E-state index in [-0.39, 0.29) is 24.9 Å². The van der Waals surface area contributed by atoms with Crippen LogP contribution in [-0.2, 0) is 9.47 Å². The Morgan fingerprint density at radius 2 is 2.14 bits per heavy atom. The van der Waals surface area contributed by atoms with Gasteiger partial charge in [0.25, 0.3) is 0 Å². The van der Waals surface area contributed by atoms with Gasteiger partial charge in [-0.3, -0.25) is 0 Å². The summed E-state index contributed by atoms with van der Waals surface area (Å²) in [6.07, 6.45) is -1.16. The first kappa shape index (κ1) is 10.3. The molecule has 0 unspecified atom stereocenters. The minimum absolute atomic E-state index is 0.0891. The molecule has 14 heavy (non-hydrogen) atoms. The fourth-order valence-electron chi connectivity index (χ4n) is 2.10. The van der Waals surface area contributed by atoms with Crippen LogP contribution in [0.4, 0.5) is 0 Å². The third kappa shape index (κ3) is 1.66. The van der Waals surface area contributed by atoms with Crippen molar-refractivity contribution in [2.24, 2.45) is 0 Å². The molecule has 4 atom stereocenters. The van der Waals surface area contributed by atoms with Gasteiger partial charge in [0.05, 0.1) is 12.6 Å². The molecule has 0 spiro atoms. The molecule has 2 rings (SSSR count). The van der Waals surface area contributed by atoms with E-state index in [4.69, 9.17) is 14.6 Å². The molecule has 0 aromatic carbocycles. The van der Waals surface area contributed by atoms with Crippen LogP contribution >= 0.6 is 0 Å². The predicted octanol–water partition coefficient (Wildman–Crippen LogP) is -1.17. The topological polar surface area (TPSA) is 71.0 Å². The number of nitrogens with one attached hydrogen (secondary N) is 1. The summed E-state index contributed by atoms with van der Waals surface area (Å²) in [6, 6.07) is -0.311. The van der Waals surface area contributed by atoms with E-state index in [9.17, 15) is 5.11 Å². The summed E-state index contributed by atoms with van der Waals surface area (Å²) in [4.78, 5) is 0. The number of rotatable bonds is 1. The lowest BCUT2D eigenvalue weighted by Crippen LogP contribution is -2.59. The highest BCUT2D eigenvalue weighted by atomic mass is 16.8. The van der Waals surface area contributed by atoms with Crippen molar-refractivity contribution in [3.63, 3.8) is 0 Å². The van der Waals surface area contributed by atoms with Gasteiger partial charge in [-0.15, -0.1) is 0 Å². The Bertz CT molecular complexity index is 221. The Morgan fingerprint density at radius 3 is 2.79 bits per heavy atom. The van der Waals surface area contributed by atoms with Crippen molar-refractivity contribution in [1.29, 1.82) is 0 Å². The van der Waals surface area contributed by atoms with Crippen molar-refractivity contribution >= 4 is 0 Å². The van der Waals surface area contributed by atoms with E-state index in [1.165, 1.54) is 0 Å². The van der Waals surface area contributed by atoms with Gasteiger partial charge in [-0.25, -0.2) is 0 Å². The summed E-state index contributed by atoms with van der Waals surface area (Å²) >= 11 is 0. The van der Waals surface area contributed by atoms with Crippen molar-refractivity contribution < 1.29 is 19.7 Å². The summed E-state index contributed by atoms with van der Waals surface area (Å²) in [5.74, 6) is -0.637. The largest absolute Gasteiger partial charge is 0.395 e. The van der Waals surface area contributed by atoms with Gasteiger partial charge in [0.1, 0.15) is 18.3 Å². The predicted molar refractivity (Wildman–Crippen MR) is 48.7 cm³/mol. The molecule has 2 saturated heterocycles. The monoisotopic (exact) mass is 203 g/mol. The zero-order valence-electron chi connectivity index (χ0n) is 8.43. The van der Waals surface area contributed by atoms with Gasteiger partial charge >= 0.3 is 0 Å². The molecule has 0 aromatic heterocycles. The Morgan fingerprint density at radius 1 is 1.43 bits per heavy atom. The van der Waals surface area contributed by atoms with Crippen LogP contribution in [0, 0.1) is 0 Å². The van der Waals surface area contributed by atoms with Crippen molar-refractivity contribution in [3.05, 3.63) is 0 Å². The molecule has 2 aliphatic heterocycles. The smallest absolute Gasteiger partial charge is 0.163 e. The Hall–Kier alpha value is -0.200. The molecule has 0 bridgehead atoms. The minimum atomic E-state index is -0.708. The van der Waals surface area contributed by atoms with Gasteiger partial charge in [0.2, 0.25) is 0 Å². The minimum Gasteiger partial charge on any atom is -0.395 e. The van der Waals surface area contributed by atoms with Crippen LogP contribution in [0.3, 0.4) is 0 Å². The number of piperidine rings is 1. The highest BCUT2D eigenvalue weighted by Crippen LogP contribution is 2.32. The van der Waals surface area contributed by atoms with Crippen LogP contribution in [0.15, 0.2) is 0 Å². The highest BCUT2D eigenvalue weighted by molar-refractivity contribution is 4.97. The van der Waals surface area contributed by atoms with Crippen LogP contribution in [0.25, 0.3) is 0 Å². The summed E-state index contributed by atoms with van der Waals surface area (Å²) in [5, 5.41) is 21.9. The van der Waals surface area contributed by atoms with Gasteiger partial charge in [-0.2, -0.15) is 0 Å². The lowest BCUT2D eigenvalue weighted by molar-refractivity contribution is -0.154. The number of ether oxygens (including phenoxy) is 2. The van der Waals surface area contributed by atoms with Gasteiger partial charge in [-0.05, 0) is 13.8 Å². The molecular formula is C9H17NO4. The van der Waals surface area contributed by atoms with Gasteiger partial charge in [-0.1, -0.05) is 0 Å². The highest BCUT2D eigenvalue weighted by Gasteiger charge is 2.49. The number of aliphatic hydroxyl groups is 2. The van der Waals surface area contributed by atoms with E-state index in [2.05, 4.69) is 5.32 Å². The van der Waals surface area contributed by atoms with Crippen LogP contribution in [0.5, 0.6) is 0 Å². The van der Waals surface area contributed by atoms with E-state index in [0.29, 0.717) is 6.54 Å². The van der Waals surface area contributed by atoms with Gasteiger partial charge < -0.3 is 25.0 Å². The maximum Gasteiger partial charge on any atom is 0.163 e. The van der Waals surface area contributed by atoms with E-state index in [0.717, 1.165) is 0 Å². The first-order valence-corrected chi connectivity index (χ1v) is 4.91. The van der Waals surface area contributed by atoms with E-state index in [1.54, 1.807) is 0 Å². The number of fused-ring (bicyclic) bond motifs is 1. The first-order chi connectivity index (χ1) is 6.53. The SMILES string of the molecule is CC1(C)O[C@@H]2[C@@H](O)[C@H](CO)NC[C@@H]2O1. The van der Waals surface area contributed by atoms with Crippen LogP contribution in [-0.4, -0.2) is 53.5 Å². The summed E-state index contributed by atoms with van der Waals surface area (Å²) in [7, 11) is 0. The van der Waals surface area contributed by atoms with E-state index < -0.39 is 11.9 Å². The van der Waals surface area contributed by atoms with Crippen molar-refractivity contribution in [2.75, 3.05) is 13.2 Å². The lowest BCUT2D eigenvalue weighted by atomic mass is 9.97. The molecule has 2 heterocycles. The maximum absolute atomic E-state index is 9.84. The van der Waals surface area contributed by atoms with Crippen molar-refractivity contribution in [2.45, 2.75) is 44.0 Å². The molecule has 0 saturated carbocycles. The van der Waals surface area contributed by atoms with Crippen molar-refractivity contribution in [1.82, 2.24) is 5.32 Å².